The van der Waals surface area contributed by atoms with Crippen molar-refractivity contribution in [1.29, 1.82) is 0 Å². The summed E-state index contributed by atoms with van der Waals surface area (Å²) < 4.78 is 54.8. The van der Waals surface area contributed by atoms with Crippen molar-refractivity contribution in [3.05, 3.63) is 89.0 Å². The molecule has 0 radical (unpaired) electrons. The monoisotopic (exact) mass is 458 g/mol. The number of sulfone groups is 1. The number of benzene rings is 2. The maximum atomic E-state index is 12.9. The van der Waals surface area contributed by atoms with Crippen molar-refractivity contribution in [2.24, 2.45) is 0 Å². The molecule has 2 heterocycles. The molecule has 0 saturated carbocycles. The van der Waals surface area contributed by atoms with Crippen LogP contribution in [0, 0.1) is 0 Å². The van der Waals surface area contributed by atoms with Gasteiger partial charge in [0.2, 0.25) is 0 Å². The van der Waals surface area contributed by atoms with E-state index in [0.29, 0.717) is 11.2 Å². The highest BCUT2D eigenvalue weighted by Gasteiger charge is 2.23. The van der Waals surface area contributed by atoms with Gasteiger partial charge in [0.25, 0.3) is 10.0 Å². The highest BCUT2D eigenvalue weighted by Crippen LogP contribution is 2.23. The molecule has 0 aliphatic carbocycles. The molecule has 0 unspecified atom stereocenters. The molecule has 1 N–H and O–H groups in total. The van der Waals surface area contributed by atoms with Gasteiger partial charge in [0.1, 0.15) is 4.90 Å². The third-order valence-electron chi connectivity index (χ3n) is 4.54. The average Bonchev–Trinajstić information content (AvgIpc) is 3.03. The molecular formula is C20H18N4O5S2. The van der Waals surface area contributed by atoms with Gasteiger partial charge in [0.15, 0.2) is 15.5 Å². The third-order valence-corrected chi connectivity index (χ3v) is 7.26. The molecular weight excluding hydrogens is 440 g/mol. The SMILES string of the molecule is CS(=O)(=O)c1ccccc1S(=O)(=O)Nc1cccc(Cn2nc3ccccn3c2=O)c1. The van der Waals surface area contributed by atoms with Gasteiger partial charge in [-0.25, -0.2) is 26.3 Å². The fourth-order valence-electron chi connectivity index (χ4n) is 3.17. The molecule has 0 spiro atoms. The molecule has 0 bridgehead atoms. The lowest BCUT2D eigenvalue weighted by Crippen LogP contribution is -2.21. The predicted octanol–water partition coefficient (Wildman–Crippen LogP) is 1.75. The minimum Gasteiger partial charge on any atom is -0.280 e. The van der Waals surface area contributed by atoms with Gasteiger partial charge in [-0.1, -0.05) is 30.3 Å². The Morgan fingerprint density at radius 1 is 0.903 bits per heavy atom. The normalized spacial score (nSPS) is 12.2. The third kappa shape index (κ3) is 4.23. The smallest absolute Gasteiger partial charge is 0.280 e. The quantitative estimate of drug-likeness (QED) is 0.470. The van der Waals surface area contributed by atoms with E-state index < -0.39 is 19.9 Å². The molecule has 9 nitrogen and oxygen atoms in total. The topological polar surface area (TPSA) is 120 Å². The first-order valence-corrected chi connectivity index (χ1v) is 12.5. The lowest BCUT2D eigenvalue weighted by molar-refractivity contribution is 0.588. The summed E-state index contributed by atoms with van der Waals surface area (Å²) in [5.41, 5.74) is 1.06. The van der Waals surface area contributed by atoms with Gasteiger partial charge in [-0.2, -0.15) is 0 Å². The fourth-order valence-corrected chi connectivity index (χ4v) is 5.85. The zero-order valence-electron chi connectivity index (χ0n) is 16.3. The number of hydrogen-bond donors (Lipinski definition) is 1. The molecule has 160 valence electrons. The molecule has 2 aromatic carbocycles. The summed E-state index contributed by atoms with van der Waals surface area (Å²) in [4.78, 5) is 11.8. The molecule has 0 amide bonds. The van der Waals surface area contributed by atoms with Crippen molar-refractivity contribution in [1.82, 2.24) is 14.2 Å². The van der Waals surface area contributed by atoms with Gasteiger partial charge in [-0.15, -0.1) is 5.10 Å². The van der Waals surface area contributed by atoms with E-state index in [2.05, 4.69) is 9.82 Å². The number of sulfonamides is 1. The second kappa shape index (κ2) is 7.67. The van der Waals surface area contributed by atoms with Crippen LogP contribution >= 0.6 is 0 Å². The Morgan fingerprint density at radius 3 is 2.32 bits per heavy atom. The number of nitrogens with one attached hydrogen (secondary N) is 1. The van der Waals surface area contributed by atoms with Crippen LogP contribution in [0.4, 0.5) is 5.69 Å². The van der Waals surface area contributed by atoms with Crippen LogP contribution in [-0.2, 0) is 26.4 Å². The molecule has 31 heavy (non-hydrogen) atoms. The van der Waals surface area contributed by atoms with E-state index in [4.69, 9.17) is 0 Å². The summed E-state index contributed by atoms with van der Waals surface area (Å²) in [6.45, 7) is 0.135. The molecule has 4 rings (SSSR count). The number of pyridine rings is 1. The van der Waals surface area contributed by atoms with Crippen molar-refractivity contribution in [2.75, 3.05) is 11.0 Å². The predicted molar refractivity (Wildman–Crippen MR) is 115 cm³/mol. The second-order valence-electron chi connectivity index (χ2n) is 6.89. The van der Waals surface area contributed by atoms with E-state index in [9.17, 15) is 21.6 Å². The number of hydrogen-bond acceptors (Lipinski definition) is 6. The van der Waals surface area contributed by atoms with Crippen LogP contribution in [0.2, 0.25) is 0 Å². The van der Waals surface area contributed by atoms with Crippen LogP contribution in [0.1, 0.15) is 5.56 Å². The van der Waals surface area contributed by atoms with Crippen LogP contribution in [0.5, 0.6) is 0 Å². The summed E-state index contributed by atoms with van der Waals surface area (Å²) >= 11 is 0. The van der Waals surface area contributed by atoms with Crippen molar-refractivity contribution >= 4 is 31.2 Å². The minimum atomic E-state index is -4.16. The maximum absolute atomic E-state index is 12.9. The Bertz CT molecular complexity index is 1550. The molecule has 0 fully saturated rings. The van der Waals surface area contributed by atoms with Gasteiger partial charge < -0.3 is 0 Å². The van der Waals surface area contributed by atoms with Crippen LogP contribution in [0.25, 0.3) is 5.65 Å². The molecule has 4 aromatic rings. The summed E-state index contributed by atoms with van der Waals surface area (Å²) in [5.74, 6) is 0. The molecule has 11 heteroatoms. The average molecular weight is 459 g/mol. The largest absolute Gasteiger partial charge is 0.350 e. The number of fused-ring (bicyclic) bond motifs is 1. The van der Waals surface area contributed by atoms with E-state index in [1.807, 2.05) is 0 Å². The minimum absolute atomic E-state index is 0.135. The van der Waals surface area contributed by atoms with Gasteiger partial charge >= 0.3 is 5.69 Å². The Morgan fingerprint density at radius 2 is 1.61 bits per heavy atom. The molecule has 0 atom stereocenters. The highest BCUT2D eigenvalue weighted by atomic mass is 32.2. The summed E-state index contributed by atoms with van der Waals surface area (Å²) in [5, 5.41) is 4.26. The number of aromatic nitrogens is 3. The summed E-state index contributed by atoms with van der Waals surface area (Å²) in [6.07, 6.45) is 2.57. The van der Waals surface area contributed by atoms with Crippen molar-refractivity contribution in [2.45, 2.75) is 16.3 Å². The first-order chi connectivity index (χ1) is 14.6. The van der Waals surface area contributed by atoms with E-state index >= 15 is 0 Å². The zero-order chi connectivity index (χ0) is 22.2. The lowest BCUT2D eigenvalue weighted by Gasteiger charge is -2.12. The molecule has 0 aliphatic rings. The Kier molecular flexibility index (Phi) is 5.15. The second-order valence-corrected chi connectivity index (χ2v) is 10.5. The van der Waals surface area contributed by atoms with Gasteiger partial charge in [0, 0.05) is 18.1 Å². The first kappa shape index (κ1) is 20.8. The van der Waals surface area contributed by atoms with Crippen molar-refractivity contribution in [3.8, 4) is 0 Å². The molecule has 0 saturated heterocycles. The van der Waals surface area contributed by atoms with Crippen LogP contribution in [0.15, 0.2) is 87.5 Å². The first-order valence-electron chi connectivity index (χ1n) is 9.10. The van der Waals surface area contributed by atoms with Crippen molar-refractivity contribution in [3.63, 3.8) is 0 Å². The Labute approximate surface area is 178 Å². The molecule has 0 aliphatic heterocycles. The standard InChI is InChI=1S/C20H18N4O5S2/c1-30(26,27)17-9-2-3-10-18(17)31(28,29)22-16-8-6-7-15(13-16)14-24-20(25)23-12-5-4-11-19(23)21-24/h2-13,22H,14H2,1H3. The fraction of sp³-hybridized carbons (Fsp3) is 0.100. The van der Waals surface area contributed by atoms with Gasteiger partial charge in [0.05, 0.1) is 11.4 Å². The van der Waals surface area contributed by atoms with Gasteiger partial charge in [-0.3, -0.25) is 9.12 Å². The van der Waals surface area contributed by atoms with E-state index in [1.165, 1.54) is 39.4 Å². The van der Waals surface area contributed by atoms with Gasteiger partial charge in [-0.05, 0) is 42.0 Å². The van der Waals surface area contributed by atoms with Crippen LogP contribution in [-0.4, -0.2) is 37.3 Å². The van der Waals surface area contributed by atoms with E-state index in [0.717, 1.165) is 6.26 Å². The Balaban J connectivity index is 1.65. The van der Waals surface area contributed by atoms with E-state index in [1.54, 1.807) is 42.6 Å². The van der Waals surface area contributed by atoms with Crippen LogP contribution in [0.3, 0.4) is 0 Å². The maximum Gasteiger partial charge on any atom is 0.350 e. The molecule has 2 aromatic heterocycles. The zero-order valence-corrected chi connectivity index (χ0v) is 18.0. The highest BCUT2D eigenvalue weighted by molar-refractivity contribution is 7.95. The van der Waals surface area contributed by atoms with E-state index in [-0.39, 0.29) is 27.7 Å². The van der Waals surface area contributed by atoms with Crippen molar-refractivity contribution < 1.29 is 16.8 Å². The summed E-state index contributed by atoms with van der Waals surface area (Å²) in [6, 6.07) is 17.1. The Hall–Kier alpha value is -3.44. The van der Waals surface area contributed by atoms with Crippen LogP contribution < -0.4 is 10.4 Å². The number of rotatable bonds is 6. The summed E-state index contributed by atoms with van der Waals surface area (Å²) in [7, 11) is -7.91. The lowest BCUT2D eigenvalue weighted by atomic mass is 10.2. The number of nitrogens with zero attached hydrogens (tertiary/aromatic N) is 3. The number of anilines is 1.